The quantitative estimate of drug-likeness (QED) is 0.730. The molecule has 2 atom stereocenters. The van der Waals surface area contributed by atoms with Crippen molar-refractivity contribution in [1.82, 2.24) is 10.2 Å². The molecular weight excluding hydrogens is 342 g/mol. The number of amides is 2. The molecule has 1 saturated heterocycles. The maximum Gasteiger partial charge on any atom is 0.240 e. The van der Waals surface area contributed by atoms with E-state index in [0.717, 1.165) is 12.2 Å². The van der Waals surface area contributed by atoms with E-state index < -0.39 is 5.54 Å². The fourth-order valence-electron chi connectivity index (χ4n) is 2.86. The molecule has 1 fully saturated rings. The summed E-state index contributed by atoms with van der Waals surface area (Å²) in [5.41, 5.74) is 5.14. The molecule has 3 N–H and O–H groups in total. The van der Waals surface area contributed by atoms with E-state index in [1.807, 2.05) is 37.3 Å². The molecule has 6 nitrogen and oxygen atoms in total. The van der Waals surface area contributed by atoms with Crippen molar-refractivity contribution in [1.29, 1.82) is 0 Å². The number of benzene rings is 1. The van der Waals surface area contributed by atoms with Crippen molar-refractivity contribution in [2.75, 3.05) is 19.7 Å². The Morgan fingerprint density at radius 3 is 2.72 bits per heavy atom. The Hall–Kier alpha value is -1.79. The normalized spacial score (nSPS) is 19.1. The second kappa shape index (κ2) is 9.63. The summed E-state index contributed by atoms with van der Waals surface area (Å²) < 4.78 is 5.62. The van der Waals surface area contributed by atoms with Gasteiger partial charge in [-0.25, -0.2) is 0 Å². The number of para-hydroxylation sites is 1. The zero-order valence-corrected chi connectivity index (χ0v) is 15.7. The highest BCUT2D eigenvalue weighted by Gasteiger charge is 2.34. The van der Waals surface area contributed by atoms with E-state index in [1.54, 1.807) is 11.8 Å². The Labute approximate surface area is 155 Å². The van der Waals surface area contributed by atoms with Crippen molar-refractivity contribution in [3.05, 3.63) is 30.3 Å². The van der Waals surface area contributed by atoms with Crippen LogP contribution in [-0.4, -0.2) is 48.0 Å². The lowest BCUT2D eigenvalue weighted by molar-refractivity contribution is -0.128. The van der Waals surface area contributed by atoms with Gasteiger partial charge in [0.1, 0.15) is 12.4 Å². The highest BCUT2D eigenvalue weighted by molar-refractivity contribution is 5.87. The number of carbonyl (C=O) groups excluding carboxylic acids is 2. The van der Waals surface area contributed by atoms with Gasteiger partial charge in [-0.2, -0.15) is 0 Å². The standard InChI is InChI=1S/C18H27N3O3.ClH/c1-3-9-18(2,19)17(23)20-14-12-16(22)21(13-14)10-11-24-15-7-5-4-6-8-15;/h4-8,14H,3,9-13,19H2,1-2H3,(H,20,23);1H. The second-order valence-corrected chi connectivity index (χ2v) is 6.54. The third-order valence-corrected chi connectivity index (χ3v) is 4.21. The van der Waals surface area contributed by atoms with Crippen LogP contribution in [0, 0.1) is 0 Å². The molecule has 7 heteroatoms. The van der Waals surface area contributed by atoms with Crippen LogP contribution < -0.4 is 15.8 Å². The number of carbonyl (C=O) groups is 2. The Morgan fingerprint density at radius 1 is 1.40 bits per heavy atom. The van der Waals surface area contributed by atoms with Crippen molar-refractivity contribution in [3.8, 4) is 5.75 Å². The van der Waals surface area contributed by atoms with E-state index in [2.05, 4.69) is 5.32 Å². The summed E-state index contributed by atoms with van der Waals surface area (Å²) >= 11 is 0. The number of hydrogen-bond acceptors (Lipinski definition) is 4. The molecule has 0 radical (unpaired) electrons. The summed E-state index contributed by atoms with van der Waals surface area (Å²) in [5, 5.41) is 2.91. The van der Waals surface area contributed by atoms with Gasteiger partial charge in [0, 0.05) is 13.0 Å². The molecule has 1 aliphatic rings. The first-order chi connectivity index (χ1) is 11.4. The first-order valence-electron chi connectivity index (χ1n) is 8.48. The molecule has 2 amide bonds. The van der Waals surface area contributed by atoms with Gasteiger partial charge in [0.2, 0.25) is 11.8 Å². The zero-order valence-electron chi connectivity index (χ0n) is 14.9. The summed E-state index contributed by atoms with van der Waals surface area (Å²) in [5.74, 6) is 0.628. The molecule has 0 bridgehead atoms. The number of nitrogens with two attached hydrogens (primary N) is 1. The van der Waals surface area contributed by atoms with Crippen molar-refractivity contribution in [2.24, 2.45) is 5.73 Å². The molecule has 0 saturated carbocycles. The number of nitrogens with one attached hydrogen (secondary N) is 1. The van der Waals surface area contributed by atoms with E-state index in [0.29, 0.717) is 32.5 Å². The van der Waals surface area contributed by atoms with Gasteiger partial charge in [0.05, 0.1) is 18.1 Å². The number of hydrogen-bond donors (Lipinski definition) is 2. The van der Waals surface area contributed by atoms with Gasteiger partial charge in [-0.05, 0) is 25.5 Å². The first kappa shape index (κ1) is 21.3. The van der Waals surface area contributed by atoms with Gasteiger partial charge in [-0.1, -0.05) is 31.5 Å². The van der Waals surface area contributed by atoms with Crippen LogP contribution in [0.25, 0.3) is 0 Å². The molecule has 25 heavy (non-hydrogen) atoms. The Morgan fingerprint density at radius 2 is 2.08 bits per heavy atom. The van der Waals surface area contributed by atoms with E-state index in [1.165, 1.54) is 0 Å². The highest BCUT2D eigenvalue weighted by Crippen LogP contribution is 2.15. The van der Waals surface area contributed by atoms with Crippen LogP contribution in [0.15, 0.2) is 30.3 Å². The Kier molecular flexibility index (Phi) is 8.19. The van der Waals surface area contributed by atoms with Crippen LogP contribution >= 0.6 is 12.4 Å². The van der Waals surface area contributed by atoms with Crippen molar-refractivity contribution in [3.63, 3.8) is 0 Å². The molecule has 0 aliphatic carbocycles. The summed E-state index contributed by atoms with van der Waals surface area (Å²) in [7, 11) is 0. The third-order valence-electron chi connectivity index (χ3n) is 4.21. The lowest BCUT2D eigenvalue weighted by Crippen LogP contribution is -2.54. The summed E-state index contributed by atoms with van der Waals surface area (Å²) in [6, 6.07) is 9.31. The number of ether oxygens (including phenoxy) is 1. The molecule has 1 aliphatic heterocycles. The molecule has 1 heterocycles. The largest absolute Gasteiger partial charge is 0.492 e. The minimum absolute atomic E-state index is 0. The van der Waals surface area contributed by atoms with Crippen molar-refractivity contribution < 1.29 is 14.3 Å². The minimum Gasteiger partial charge on any atom is -0.492 e. The van der Waals surface area contributed by atoms with Crippen LogP contribution in [0.2, 0.25) is 0 Å². The van der Waals surface area contributed by atoms with E-state index in [-0.39, 0.29) is 30.3 Å². The predicted molar refractivity (Wildman–Crippen MR) is 99.8 cm³/mol. The van der Waals surface area contributed by atoms with Gasteiger partial charge in [0.25, 0.3) is 0 Å². The molecule has 2 rings (SSSR count). The lowest BCUT2D eigenvalue weighted by atomic mass is 9.96. The van der Waals surface area contributed by atoms with Crippen molar-refractivity contribution in [2.45, 2.75) is 44.7 Å². The maximum absolute atomic E-state index is 12.2. The molecular formula is C18H28ClN3O3. The van der Waals surface area contributed by atoms with E-state index in [9.17, 15) is 9.59 Å². The second-order valence-electron chi connectivity index (χ2n) is 6.54. The van der Waals surface area contributed by atoms with E-state index >= 15 is 0 Å². The van der Waals surface area contributed by atoms with Gasteiger partial charge >= 0.3 is 0 Å². The summed E-state index contributed by atoms with van der Waals surface area (Å²) in [6.07, 6.45) is 1.78. The summed E-state index contributed by atoms with van der Waals surface area (Å²) in [4.78, 5) is 26.0. The first-order valence-corrected chi connectivity index (χ1v) is 8.48. The Balaban J connectivity index is 0.00000312. The fourth-order valence-corrected chi connectivity index (χ4v) is 2.86. The molecule has 140 valence electrons. The molecule has 1 aromatic rings. The fraction of sp³-hybridized carbons (Fsp3) is 0.556. The predicted octanol–water partition coefficient (Wildman–Crippen LogP) is 1.72. The van der Waals surface area contributed by atoms with Crippen LogP contribution in [0.5, 0.6) is 5.75 Å². The van der Waals surface area contributed by atoms with Gasteiger partial charge in [-0.15, -0.1) is 12.4 Å². The minimum atomic E-state index is -0.887. The molecule has 0 spiro atoms. The van der Waals surface area contributed by atoms with Gasteiger partial charge in [0.15, 0.2) is 0 Å². The molecule has 1 aromatic carbocycles. The van der Waals surface area contributed by atoms with Gasteiger partial charge < -0.3 is 20.7 Å². The monoisotopic (exact) mass is 369 g/mol. The van der Waals surface area contributed by atoms with Crippen molar-refractivity contribution >= 4 is 24.2 Å². The maximum atomic E-state index is 12.2. The zero-order chi connectivity index (χ0) is 17.6. The average Bonchev–Trinajstić information content (AvgIpc) is 2.88. The average molecular weight is 370 g/mol. The van der Waals surface area contributed by atoms with E-state index in [4.69, 9.17) is 10.5 Å². The number of rotatable bonds is 8. The number of nitrogens with zero attached hydrogens (tertiary/aromatic N) is 1. The topological polar surface area (TPSA) is 84.7 Å². The summed E-state index contributed by atoms with van der Waals surface area (Å²) in [6.45, 7) is 5.17. The number of likely N-dealkylation sites (tertiary alicyclic amines) is 1. The lowest BCUT2D eigenvalue weighted by Gasteiger charge is -2.25. The molecule has 0 aromatic heterocycles. The SMILES string of the molecule is CCCC(C)(N)C(=O)NC1CC(=O)N(CCOc2ccccc2)C1.Cl. The van der Waals surface area contributed by atoms with Crippen LogP contribution in [-0.2, 0) is 9.59 Å². The smallest absolute Gasteiger partial charge is 0.240 e. The van der Waals surface area contributed by atoms with Gasteiger partial charge in [-0.3, -0.25) is 9.59 Å². The molecule has 2 unspecified atom stereocenters. The van der Waals surface area contributed by atoms with Crippen LogP contribution in [0.4, 0.5) is 0 Å². The third kappa shape index (κ3) is 6.21. The van der Waals surface area contributed by atoms with Crippen LogP contribution in [0.3, 0.4) is 0 Å². The number of halogens is 1. The highest BCUT2D eigenvalue weighted by atomic mass is 35.5. The van der Waals surface area contributed by atoms with Crippen LogP contribution in [0.1, 0.15) is 33.1 Å². The Bertz CT molecular complexity index is 566.